The number of carbonyl (C=O) groups is 1. The summed E-state index contributed by atoms with van der Waals surface area (Å²) in [6.07, 6.45) is 4.35. The minimum absolute atomic E-state index is 0.0149. The standard InChI is InChI=1S/C18H17N3OS/c1-20-12-14(11-19-20)18(22)21-9-7-16-15(8-10-23-16)17(21)13-5-3-2-4-6-13/h2-6,8,10-12,17H,7,9H2,1H3/t17-/m1/s1. The van der Waals surface area contributed by atoms with Crippen molar-refractivity contribution in [1.82, 2.24) is 14.7 Å². The van der Waals surface area contributed by atoms with Crippen LogP contribution in [0.1, 0.15) is 32.4 Å². The van der Waals surface area contributed by atoms with Crippen LogP contribution in [0.5, 0.6) is 0 Å². The second-order valence-electron chi connectivity index (χ2n) is 5.76. The topological polar surface area (TPSA) is 38.1 Å². The number of rotatable bonds is 2. The molecule has 4 nitrogen and oxygen atoms in total. The van der Waals surface area contributed by atoms with Gasteiger partial charge in [-0.25, -0.2) is 0 Å². The van der Waals surface area contributed by atoms with E-state index in [0.717, 1.165) is 18.5 Å². The molecule has 1 aromatic carbocycles. The number of hydrogen-bond donors (Lipinski definition) is 0. The van der Waals surface area contributed by atoms with Crippen LogP contribution in [-0.4, -0.2) is 27.1 Å². The predicted octanol–water partition coefficient (Wildman–Crippen LogP) is 3.27. The van der Waals surface area contributed by atoms with E-state index in [1.54, 1.807) is 28.4 Å². The molecule has 3 aromatic rings. The Morgan fingerprint density at radius 2 is 2.09 bits per heavy atom. The van der Waals surface area contributed by atoms with Crippen LogP contribution >= 0.6 is 11.3 Å². The lowest BCUT2D eigenvalue weighted by Gasteiger charge is -2.36. The fraction of sp³-hybridized carbons (Fsp3) is 0.222. The Hall–Kier alpha value is -2.40. The van der Waals surface area contributed by atoms with Crippen LogP contribution in [-0.2, 0) is 13.5 Å². The van der Waals surface area contributed by atoms with Crippen LogP contribution in [0.4, 0.5) is 0 Å². The Bertz CT molecular complexity index is 837. The molecule has 1 aliphatic rings. The van der Waals surface area contributed by atoms with Gasteiger partial charge in [0.2, 0.25) is 0 Å². The van der Waals surface area contributed by atoms with Gasteiger partial charge in [-0.2, -0.15) is 5.10 Å². The van der Waals surface area contributed by atoms with Crippen molar-refractivity contribution in [2.45, 2.75) is 12.5 Å². The zero-order valence-corrected chi connectivity index (χ0v) is 13.7. The fourth-order valence-electron chi connectivity index (χ4n) is 3.23. The maximum Gasteiger partial charge on any atom is 0.257 e. The molecule has 3 heterocycles. The normalized spacial score (nSPS) is 17.1. The lowest BCUT2D eigenvalue weighted by atomic mass is 9.93. The van der Waals surface area contributed by atoms with E-state index in [4.69, 9.17) is 0 Å². The number of hydrogen-bond acceptors (Lipinski definition) is 3. The van der Waals surface area contributed by atoms with E-state index in [1.807, 2.05) is 30.1 Å². The first-order valence-corrected chi connectivity index (χ1v) is 8.53. The van der Waals surface area contributed by atoms with E-state index >= 15 is 0 Å². The third-order valence-corrected chi connectivity index (χ3v) is 5.29. The van der Waals surface area contributed by atoms with Crippen LogP contribution in [0.2, 0.25) is 0 Å². The minimum Gasteiger partial charge on any atom is -0.327 e. The summed E-state index contributed by atoms with van der Waals surface area (Å²) in [6.45, 7) is 0.737. The maximum atomic E-state index is 13.0. The first kappa shape index (κ1) is 14.2. The van der Waals surface area contributed by atoms with Crippen LogP contribution in [0.25, 0.3) is 0 Å². The number of aromatic nitrogens is 2. The summed E-state index contributed by atoms with van der Waals surface area (Å²) < 4.78 is 1.67. The first-order valence-electron chi connectivity index (χ1n) is 7.65. The first-order chi connectivity index (χ1) is 11.2. The van der Waals surface area contributed by atoms with Crippen molar-refractivity contribution < 1.29 is 4.79 Å². The van der Waals surface area contributed by atoms with Gasteiger partial charge in [0.05, 0.1) is 17.8 Å². The van der Waals surface area contributed by atoms with Gasteiger partial charge in [0.1, 0.15) is 0 Å². The molecule has 5 heteroatoms. The SMILES string of the molecule is Cn1cc(C(=O)N2CCc3sccc3[C@H]2c2ccccc2)cn1. The summed E-state index contributed by atoms with van der Waals surface area (Å²) in [7, 11) is 1.83. The Morgan fingerprint density at radius 1 is 1.26 bits per heavy atom. The van der Waals surface area contributed by atoms with E-state index < -0.39 is 0 Å². The summed E-state index contributed by atoms with van der Waals surface area (Å²) >= 11 is 1.78. The average molecular weight is 323 g/mol. The monoisotopic (exact) mass is 323 g/mol. The molecule has 116 valence electrons. The highest BCUT2D eigenvalue weighted by Crippen LogP contribution is 2.38. The van der Waals surface area contributed by atoms with Gasteiger partial charge in [-0.1, -0.05) is 30.3 Å². The molecule has 0 aliphatic carbocycles. The smallest absolute Gasteiger partial charge is 0.257 e. The Kier molecular flexibility index (Phi) is 3.50. The number of benzene rings is 1. The molecule has 0 unspecified atom stereocenters. The maximum absolute atomic E-state index is 13.0. The van der Waals surface area contributed by atoms with Crippen LogP contribution < -0.4 is 0 Å². The number of thiophene rings is 1. The minimum atomic E-state index is -0.0149. The second kappa shape index (κ2) is 5.66. The summed E-state index contributed by atoms with van der Waals surface area (Å²) in [6, 6.07) is 12.4. The van der Waals surface area contributed by atoms with Gasteiger partial charge in [-0.15, -0.1) is 11.3 Å². The number of amides is 1. The fourth-order valence-corrected chi connectivity index (χ4v) is 4.13. The molecular weight excluding hydrogens is 306 g/mol. The molecule has 23 heavy (non-hydrogen) atoms. The third-order valence-electron chi connectivity index (χ3n) is 4.29. The summed E-state index contributed by atoms with van der Waals surface area (Å²) in [5, 5.41) is 6.26. The molecule has 1 aliphatic heterocycles. The van der Waals surface area contributed by atoms with E-state index in [2.05, 4.69) is 28.7 Å². The molecule has 0 radical (unpaired) electrons. The lowest BCUT2D eigenvalue weighted by molar-refractivity contribution is 0.0696. The second-order valence-corrected chi connectivity index (χ2v) is 6.76. The van der Waals surface area contributed by atoms with Crippen LogP contribution in [0.3, 0.4) is 0 Å². The van der Waals surface area contributed by atoms with Gasteiger partial charge in [0.15, 0.2) is 0 Å². The van der Waals surface area contributed by atoms with E-state index in [1.165, 1.54) is 10.4 Å². The molecule has 0 N–H and O–H groups in total. The zero-order chi connectivity index (χ0) is 15.8. The van der Waals surface area contributed by atoms with Crippen molar-refractivity contribution in [3.8, 4) is 0 Å². The van der Waals surface area contributed by atoms with E-state index in [0.29, 0.717) is 5.56 Å². The van der Waals surface area contributed by atoms with Gasteiger partial charge in [0, 0.05) is 24.7 Å². The van der Waals surface area contributed by atoms with Gasteiger partial charge in [-0.3, -0.25) is 9.48 Å². The molecule has 4 rings (SSSR count). The molecular formula is C18H17N3OS. The number of fused-ring (bicyclic) bond motifs is 1. The molecule has 0 saturated carbocycles. The highest BCUT2D eigenvalue weighted by atomic mass is 32.1. The van der Waals surface area contributed by atoms with Gasteiger partial charge < -0.3 is 4.90 Å². The molecule has 0 saturated heterocycles. The quantitative estimate of drug-likeness (QED) is 0.726. The molecule has 1 atom stereocenters. The highest BCUT2D eigenvalue weighted by molar-refractivity contribution is 7.10. The van der Waals surface area contributed by atoms with E-state index in [9.17, 15) is 4.79 Å². The van der Waals surface area contributed by atoms with Crippen molar-refractivity contribution >= 4 is 17.2 Å². The zero-order valence-electron chi connectivity index (χ0n) is 12.8. The van der Waals surface area contributed by atoms with Crippen molar-refractivity contribution in [1.29, 1.82) is 0 Å². The highest BCUT2D eigenvalue weighted by Gasteiger charge is 2.33. The lowest BCUT2D eigenvalue weighted by Crippen LogP contribution is -2.40. The number of nitrogens with zero attached hydrogens (tertiary/aromatic N) is 3. The average Bonchev–Trinajstić information content (AvgIpc) is 3.22. The largest absolute Gasteiger partial charge is 0.327 e. The Morgan fingerprint density at radius 3 is 2.83 bits per heavy atom. The van der Waals surface area contributed by atoms with Gasteiger partial charge in [-0.05, 0) is 29.0 Å². The molecule has 0 bridgehead atoms. The van der Waals surface area contributed by atoms with Gasteiger partial charge in [0.25, 0.3) is 5.91 Å². The van der Waals surface area contributed by atoms with Crippen LogP contribution in [0.15, 0.2) is 54.2 Å². The molecule has 0 spiro atoms. The summed E-state index contributed by atoms with van der Waals surface area (Å²) in [4.78, 5) is 16.4. The third kappa shape index (κ3) is 2.47. The van der Waals surface area contributed by atoms with Crippen molar-refractivity contribution in [2.75, 3.05) is 6.54 Å². The van der Waals surface area contributed by atoms with Crippen molar-refractivity contribution in [2.24, 2.45) is 7.05 Å². The van der Waals surface area contributed by atoms with Crippen molar-refractivity contribution in [3.05, 3.63) is 75.7 Å². The molecule has 1 amide bonds. The van der Waals surface area contributed by atoms with Gasteiger partial charge >= 0.3 is 0 Å². The summed E-state index contributed by atoms with van der Waals surface area (Å²) in [5.74, 6) is 0.0452. The summed E-state index contributed by atoms with van der Waals surface area (Å²) in [5.41, 5.74) is 3.06. The Balaban J connectivity index is 1.78. The van der Waals surface area contributed by atoms with Crippen LogP contribution in [0, 0.1) is 0 Å². The molecule has 0 fully saturated rings. The predicted molar refractivity (Wildman–Crippen MR) is 90.6 cm³/mol. The number of aryl methyl sites for hydroxylation is 1. The van der Waals surface area contributed by atoms with Crippen molar-refractivity contribution in [3.63, 3.8) is 0 Å². The Labute approximate surface area is 139 Å². The molecule has 2 aromatic heterocycles. The van der Waals surface area contributed by atoms with E-state index in [-0.39, 0.29) is 11.9 Å². The number of carbonyl (C=O) groups excluding carboxylic acids is 1.